The summed E-state index contributed by atoms with van der Waals surface area (Å²) in [4.78, 5) is 0. The first-order valence-electron chi connectivity index (χ1n) is 6.65. The molecule has 1 atom stereocenters. The number of hydrogen-bond donors (Lipinski definition) is 1. The average Bonchev–Trinajstić information content (AvgIpc) is 2.77. The van der Waals surface area contributed by atoms with Gasteiger partial charge in [-0.25, -0.2) is 0 Å². The average molecular weight is 249 g/mol. The Balaban J connectivity index is 1.85. The maximum absolute atomic E-state index is 3.64. The van der Waals surface area contributed by atoms with Crippen molar-refractivity contribution in [2.24, 2.45) is 0 Å². The molecule has 1 aromatic rings. The van der Waals surface area contributed by atoms with Gasteiger partial charge in [0.05, 0.1) is 0 Å². The quantitative estimate of drug-likeness (QED) is 0.855. The molecule has 1 heterocycles. The number of aryl methyl sites for hydroxylation is 1. The van der Waals surface area contributed by atoms with Gasteiger partial charge in [-0.2, -0.15) is 11.8 Å². The van der Waals surface area contributed by atoms with Gasteiger partial charge >= 0.3 is 0 Å². The lowest BCUT2D eigenvalue weighted by molar-refractivity contribution is 0.536. The Kier molecular flexibility index (Phi) is 4.52. The van der Waals surface area contributed by atoms with Crippen molar-refractivity contribution < 1.29 is 0 Å². The third-order valence-electron chi connectivity index (χ3n) is 3.61. The summed E-state index contributed by atoms with van der Waals surface area (Å²) in [5.74, 6) is 1.34. The summed E-state index contributed by atoms with van der Waals surface area (Å²) in [6, 6.07) is 8.76. The molecular weight excluding hydrogens is 226 g/mol. The van der Waals surface area contributed by atoms with Crippen LogP contribution in [0.2, 0.25) is 0 Å². The van der Waals surface area contributed by atoms with Crippen LogP contribution in [-0.2, 0) is 13.0 Å². The van der Waals surface area contributed by atoms with E-state index in [0.29, 0.717) is 4.75 Å². The van der Waals surface area contributed by atoms with E-state index in [-0.39, 0.29) is 0 Å². The molecule has 1 N–H and O–H groups in total. The Hall–Kier alpha value is -0.470. The van der Waals surface area contributed by atoms with Gasteiger partial charge < -0.3 is 5.32 Å². The lowest BCUT2D eigenvalue weighted by Crippen LogP contribution is -2.32. The second-order valence-electron chi connectivity index (χ2n) is 5.13. The van der Waals surface area contributed by atoms with Gasteiger partial charge in [0.25, 0.3) is 0 Å². The molecule has 0 aromatic heterocycles. The summed E-state index contributed by atoms with van der Waals surface area (Å²) in [6.07, 6.45) is 3.87. The van der Waals surface area contributed by atoms with Crippen LogP contribution in [0.1, 0.15) is 37.8 Å². The summed E-state index contributed by atoms with van der Waals surface area (Å²) in [5.41, 5.74) is 2.94. The predicted molar refractivity (Wildman–Crippen MR) is 77.6 cm³/mol. The van der Waals surface area contributed by atoms with Gasteiger partial charge in [-0.3, -0.25) is 0 Å². The minimum Gasteiger partial charge on any atom is -0.311 e. The number of nitrogens with one attached hydrogen (secondary N) is 1. The molecule has 94 valence electrons. The molecule has 1 aromatic carbocycles. The fraction of sp³-hybridized carbons (Fsp3) is 0.600. The first kappa shape index (κ1) is 13.0. The van der Waals surface area contributed by atoms with E-state index in [9.17, 15) is 0 Å². The van der Waals surface area contributed by atoms with Crippen molar-refractivity contribution in [3.63, 3.8) is 0 Å². The summed E-state index contributed by atoms with van der Waals surface area (Å²) >= 11 is 2.13. The molecule has 1 fully saturated rings. The minimum atomic E-state index is 0.473. The minimum absolute atomic E-state index is 0.473. The highest BCUT2D eigenvalue weighted by Crippen LogP contribution is 2.36. The Morgan fingerprint density at radius 1 is 1.29 bits per heavy atom. The van der Waals surface area contributed by atoms with Crippen LogP contribution in [0.25, 0.3) is 0 Å². The number of hydrogen-bond acceptors (Lipinski definition) is 2. The van der Waals surface area contributed by atoms with E-state index in [4.69, 9.17) is 0 Å². The van der Waals surface area contributed by atoms with E-state index in [1.54, 1.807) is 0 Å². The van der Waals surface area contributed by atoms with Crippen molar-refractivity contribution in [1.29, 1.82) is 0 Å². The Labute approximate surface area is 109 Å². The van der Waals surface area contributed by atoms with Crippen LogP contribution in [0.4, 0.5) is 0 Å². The predicted octanol–water partition coefficient (Wildman–Crippen LogP) is 3.62. The second kappa shape index (κ2) is 5.92. The summed E-state index contributed by atoms with van der Waals surface area (Å²) in [5, 5.41) is 3.64. The third-order valence-corrected chi connectivity index (χ3v) is 5.15. The molecule has 17 heavy (non-hydrogen) atoms. The molecular formula is C15H23NS. The number of thioether (sulfide) groups is 1. The van der Waals surface area contributed by atoms with Gasteiger partial charge in [0.2, 0.25) is 0 Å². The zero-order chi connectivity index (χ0) is 12.1. The number of rotatable bonds is 5. The van der Waals surface area contributed by atoms with Gasteiger partial charge in [0, 0.05) is 17.8 Å². The zero-order valence-corrected chi connectivity index (χ0v) is 11.8. The lowest BCUT2D eigenvalue weighted by atomic mass is 10.0. The second-order valence-corrected chi connectivity index (χ2v) is 6.81. The van der Waals surface area contributed by atoms with E-state index >= 15 is 0 Å². The van der Waals surface area contributed by atoms with E-state index in [1.807, 2.05) is 0 Å². The lowest BCUT2D eigenvalue weighted by Gasteiger charge is -2.23. The van der Waals surface area contributed by atoms with Crippen molar-refractivity contribution in [1.82, 2.24) is 5.32 Å². The summed E-state index contributed by atoms with van der Waals surface area (Å²) < 4.78 is 0.473. The summed E-state index contributed by atoms with van der Waals surface area (Å²) in [6.45, 7) is 6.77. The SMILES string of the molecule is CCc1ccccc1CNCC1(C)CCCS1. The van der Waals surface area contributed by atoms with E-state index in [1.165, 1.54) is 29.7 Å². The van der Waals surface area contributed by atoms with Crippen molar-refractivity contribution in [3.8, 4) is 0 Å². The highest BCUT2D eigenvalue weighted by atomic mass is 32.2. The molecule has 0 saturated carbocycles. The van der Waals surface area contributed by atoms with Crippen molar-refractivity contribution in [2.45, 2.75) is 44.4 Å². The third kappa shape index (κ3) is 3.49. The Morgan fingerprint density at radius 3 is 2.71 bits per heavy atom. The van der Waals surface area contributed by atoms with Gasteiger partial charge in [0.1, 0.15) is 0 Å². The van der Waals surface area contributed by atoms with Crippen molar-refractivity contribution >= 4 is 11.8 Å². The molecule has 0 amide bonds. The molecule has 1 saturated heterocycles. The standard InChI is InChI=1S/C15H23NS/c1-3-13-7-4-5-8-14(13)11-16-12-15(2)9-6-10-17-15/h4-5,7-8,16H,3,6,9-12H2,1-2H3. The van der Waals surface area contributed by atoms with Crippen LogP contribution in [0.15, 0.2) is 24.3 Å². The Morgan fingerprint density at radius 2 is 2.06 bits per heavy atom. The monoisotopic (exact) mass is 249 g/mol. The van der Waals surface area contributed by atoms with Crippen LogP contribution in [-0.4, -0.2) is 17.0 Å². The molecule has 1 unspecified atom stereocenters. The van der Waals surface area contributed by atoms with Crippen LogP contribution < -0.4 is 5.32 Å². The largest absolute Gasteiger partial charge is 0.311 e. The maximum atomic E-state index is 3.64. The molecule has 1 aliphatic heterocycles. The van der Waals surface area contributed by atoms with Crippen molar-refractivity contribution in [2.75, 3.05) is 12.3 Å². The van der Waals surface area contributed by atoms with Crippen molar-refractivity contribution in [3.05, 3.63) is 35.4 Å². The Bertz CT molecular complexity index is 356. The topological polar surface area (TPSA) is 12.0 Å². The smallest absolute Gasteiger partial charge is 0.0256 e. The molecule has 0 radical (unpaired) electrons. The molecule has 0 spiro atoms. The summed E-state index contributed by atoms with van der Waals surface area (Å²) in [7, 11) is 0. The molecule has 2 heteroatoms. The number of benzene rings is 1. The van der Waals surface area contributed by atoms with E-state index in [0.717, 1.165) is 19.5 Å². The van der Waals surface area contributed by atoms with Crippen LogP contribution in [0.3, 0.4) is 0 Å². The van der Waals surface area contributed by atoms with E-state index < -0.39 is 0 Å². The van der Waals surface area contributed by atoms with Gasteiger partial charge in [-0.1, -0.05) is 31.2 Å². The molecule has 1 nitrogen and oxygen atoms in total. The molecule has 0 bridgehead atoms. The van der Waals surface area contributed by atoms with Gasteiger partial charge in [-0.05, 0) is 43.1 Å². The highest BCUT2D eigenvalue weighted by Gasteiger charge is 2.28. The highest BCUT2D eigenvalue weighted by molar-refractivity contribution is 8.00. The zero-order valence-electron chi connectivity index (χ0n) is 11.0. The van der Waals surface area contributed by atoms with Crippen LogP contribution >= 0.6 is 11.8 Å². The van der Waals surface area contributed by atoms with Crippen LogP contribution in [0, 0.1) is 0 Å². The first-order valence-corrected chi connectivity index (χ1v) is 7.63. The van der Waals surface area contributed by atoms with Gasteiger partial charge in [0.15, 0.2) is 0 Å². The van der Waals surface area contributed by atoms with E-state index in [2.05, 4.69) is 55.2 Å². The first-order chi connectivity index (χ1) is 8.23. The molecule has 1 aliphatic rings. The van der Waals surface area contributed by atoms with Crippen LogP contribution in [0.5, 0.6) is 0 Å². The normalized spacial score (nSPS) is 24.1. The molecule has 0 aliphatic carbocycles. The molecule has 2 rings (SSSR count). The fourth-order valence-corrected chi connectivity index (χ4v) is 3.79. The van der Waals surface area contributed by atoms with Gasteiger partial charge in [-0.15, -0.1) is 0 Å². The fourth-order valence-electron chi connectivity index (χ4n) is 2.51. The maximum Gasteiger partial charge on any atom is 0.0256 e.